The number of hydrogen-bond acceptors (Lipinski definition) is 2. The van der Waals surface area contributed by atoms with Crippen LogP contribution in [0.15, 0.2) is 24.4 Å². The van der Waals surface area contributed by atoms with Crippen molar-refractivity contribution in [2.24, 2.45) is 0 Å². The molecule has 0 unspecified atom stereocenters. The molecule has 3 nitrogen and oxygen atoms in total. The minimum atomic E-state index is 0.575. The van der Waals surface area contributed by atoms with Gasteiger partial charge in [-0.2, -0.15) is 0 Å². The summed E-state index contributed by atoms with van der Waals surface area (Å²) in [5.74, 6) is 0.575. The number of benzene rings is 1. The molecular formula is C12H14ClN3. The number of aryl methyl sites for hydroxylation is 3. The fourth-order valence-electron chi connectivity index (χ4n) is 1.72. The van der Waals surface area contributed by atoms with Crippen LogP contribution in [-0.2, 0) is 6.42 Å². The highest BCUT2D eigenvalue weighted by Gasteiger charge is 2.03. The molecule has 0 aliphatic heterocycles. The van der Waals surface area contributed by atoms with Crippen molar-refractivity contribution in [3.8, 4) is 5.69 Å². The monoisotopic (exact) mass is 235 g/mol. The molecule has 0 fully saturated rings. The first-order chi connectivity index (χ1) is 7.69. The zero-order chi connectivity index (χ0) is 11.5. The second-order valence-corrected chi connectivity index (χ2v) is 4.32. The molecule has 0 atom stereocenters. The molecule has 84 valence electrons. The summed E-state index contributed by atoms with van der Waals surface area (Å²) in [6, 6.07) is 6.32. The van der Waals surface area contributed by atoms with Gasteiger partial charge in [0.1, 0.15) is 0 Å². The number of rotatable bonds is 3. The maximum absolute atomic E-state index is 5.66. The SMILES string of the molecule is Cc1cc(C)cc(-n2cc(CCCl)nn2)c1. The minimum Gasteiger partial charge on any atom is -0.220 e. The van der Waals surface area contributed by atoms with Gasteiger partial charge in [0.25, 0.3) is 0 Å². The summed E-state index contributed by atoms with van der Waals surface area (Å²) < 4.78 is 1.79. The van der Waals surface area contributed by atoms with Crippen LogP contribution in [0, 0.1) is 13.8 Å². The Morgan fingerprint density at radius 2 is 1.88 bits per heavy atom. The molecule has 0 saturated carbocycles. The second kappa shape index (κ2) is 4.66. The van der Waals surface area contributed by atoms with Gasteiger partial charge in [0, 0.05) is 12.3 Å². The van der Waals surface area contributed by atoms with E-state index in [0.717, 1.165) is 17.8 Å². The van der Waals surface area contributed by atoms with Gasteiger partial charge in [-0.1, -0.05) is 11.3 Å². The summed E-state index contributed by atoms with van der Waals surface area (Å²) in [5.41, 5.74) is 4.42. The highest BCUT2D eigenvalue weighted by Crippen LogP contribution is 2.13. The Bertz CT molecular complexity index is 471. The van der Waals surface area contributed by atoms with E-state index in [2.05, 4.69) is 42.4 Å². The van der Waals surface area contributed by atoms with Crippen LogP contribution >= 0.6 is 11.6 Å². The van der Waals surface area contributed by atoms with Crippen LogP contribution in [0.3, 0.4) is 0 Å². The molecule has 1 heterocycles. The highest BCUT2D eigenvalue weighted by molar-refractivity contribution is 6.17. The summed E-state index contributed by atoms with van der Waals surface area (Å²) >= 11 is 5.66. The smallest absolute Gasteiger partial charge is 0.0843 e. The largest absolute Gasteiger partial charge is 0.220 e. The molecule has 0 aliphatic carbocycles. The van der Waals surface area contributed by atoms with Crippen LogP contribution in [-0.4, -0.2) is 20.9 Å². The standard InChI is InChI=1S/C12H14ClN3/c1-9-5-10(2)7-12(6-9)16-8-11(3-4-13)14-15-16/h5-8H,3-4H2,1-2H3. The molecule has 0 bridgehead atoms. The molecule has 1 aromatic carbocycles. The van der Waals surface area contributed by atoms with E-state index in [1.165, 1.54) is 11.1 Å². The molecule has 0 aliphatic rings. The lowest BCUT2D eigenvalue weighted by molar-refractivity contribution is 0.796. The average Bonchev–Trinajstić information content (AvgIpc) is 2.65. The van der Waals surface area contributed by atoms with Gasteiger partial charge >= 0.3 is 0 Å². The van der Waals surface area contributed by atoms with Gasteiger partial charge in [-0.15, -0.1) is 16.7 Å². The van der Waals surface area contributed by atoms with Crippen LogP contribution in [0.2, 0.25) is 0 Å². The zero-order valence-corrected chi connectivity index (χ0v) is 10.2. The average molecular weight is 236 g/mol. The normalized spacial score (nSPS) is 10.7. The Morgan fingerprint density at radius 1 is 1.19 bits per heavy atom. The van der Waals surface area contributed by atoms with Crippen LogP contribution in [0.1, 0.15) is 16.8 Å². The van der Waals surface area contributed by atoms with Gasteiger partial charge in [0.2, 0.25) is 0 Å². The van der Waals surface area contributed by atoms with Crippen molar-refractivity contribution in [1.29, 1.82) is 0 Å². The van der Waals surface area contributed by atoms with E-state index in [-0.39, 0.29) is 0 Å². The van der Waals surface area contributed by atoms with Crippen molar-refractivity contribution in [2.75, 3.05) is 5.88 Å². The van der Waals surface area contributed by atoms with Gasteiger partial charge in [0.05, 0.1) is 17.6 Å². The van der Waals surface area contributed by atoms with E-state index in [0.29, 0.717) is 5.88 Å². The predicted molar refractivity (Wildman–Crippen MR) is 65.3 cm³/mol. The van der Waals surface area contributed by atoms with E-state index >= 15 is 0 Å². The van der Waals surface area contributed by atoms with Crippen molar-refractivity contribution >= 4 is 11.6 Å². The molecule has 16 heavy (non-hydrogen) atoms. The Labute approximate surface area is 100 Å². The lowest BCUT2D eigenvalue weighted by atomic mass is 10.1. The Kier molecular flexibility index (Phi) is 3.25. The second-order valence-electron chi connectivity index (χ2n) is 3.94. The molecule has 0 amide bonds. The molecule has 1 aromatic heterocycles. The number of hydrogen-bond donors (Lipinski definition) is 0. The van der Waals surface area contributed by atoms with Gasteiger partial charge in [-0.25, -0.2) is 4.68 Å². The Morgan fingerprint density at radius 3 is 2.50 bits per heavy atom. The number of halogens is 1. The first-order valence-corrected chi connectivity index (χ1v) is 5.78. The molecule has 0 saturated heterocycles. The van der Waals surface area contributed by atoms with E-state index in [4.69, 9.17) is 11.6 Å². The maximum atomic E-state index is 5.66. The van der Waals surface area contributed by atoms with E-state index in [9.17, 15) is 0 Å². The van der Waals surface area contributed by atoms with Crippen LogP contribution in [0.4, 0.5) is 0 Å². The Balaban J connectivity index is 2.34. The van der Waals surface area contributed by atoms with Crippen LogP contribution in [0.25, 0.3) is 5.69 Å². The van der Waals surface area contributed by atoms with Gasteiger partial charge in [-0.05, 0) is 37.1 Å². The fourth-order valence-corrected chi connectivity index (χ4v) is 1.91. The van der Waals surface area contributed by atoms with E-state index in [1.54, 1.807) is 4.68 Å². The molecule has 0 spiro atoms. The third-order valence-electron chi connectivity index (χ3n) is 2.36. The topological polar surface area (TPSA) is 30.7 Å². The molecule has 2 aromatic rings. The van der Waals surface area contributed by atoms with Crippen molar-refractivity contribution < 1.29 is 0 Å². The molecule has 0 N–H and O–H groups in total. The summed E-state index contributed by atoms with van der Waals surface area (Å²) in [5, 5.41) is 8.17. The summed E-state index contributed by atoms with van der Waals surface area (Å²) in [7, 11) is 0. The van der Waals surface area contributed by atoms with E-state index in [1.807, 2.05) is 6.20 Å². The van der Waals surface area contributed by atoms with Crippen molar-refractivity contribution in [2.45, 2.75) is 20.3 Å². The summed E-state index contributed by atoms with van der Waals surface area (Å²) in [6.45, 7) is 4.15. The van der Waals surface area contributed by atoms with Crippen LogP contribution in [0.5, 0.6) is 0 Å². The predicted octanol–water partition coefficient (Wildman–Crippen LogP) is 2.67. The number of nitrogens with zero attached hydrogens (tertiary/aromatic N) is 3. The van der Waals surface area contributed by atoms with Crippen molar-refractivity contribution in [3.63, 3.8) is 0 Å². The zero-order valence-electron chi connectivity index (χ0n) is 9.44. The maximum Gasteiger partial charge on any atom is 0.0843 e. The molecule has 2 rings (SSSR count). The van der Waals surface area contributed by atoms with Crippen LogP contribution < -0.4 is 0 Å². The molecule has 0 radical (unpaired) electrons. The lowest BCUT2D eigenvalue weighted by Gasteiger charge is -2.03. The Hall–Kier alpha value is -1.35. The molecule has 4 heteroatoms. The van der Waals surface area contributed by atoms with Crippen molar-refractivity contribution in [3.05, 3.63) is 41.2 Å². The van der Waals surface area contributed by atoms with Gasteiger partial charge < -0.3 is 0 Å². The highest BCUT2D eigenvalue weighted by atomic mass is 35.5. The first-order valence-electron chi connectivity index (χ1n) is 5.25. The number of alkyl halides is 1. The third-order valence-corrected chi connectivity index (χ3v) is 2.55. The fraction of sp³-hybridized carbons (Fsp3) is 0.333. The first kappa shape index (κ1) is 11.1. The third kappa shape index (κ3) is 2.42. The van der Waals surface area contributed by atoms with E-state index < -0.39 is 0 Å². The lowest BCUT2D eigenvalue weighted by Crippen LogP contribution is -1.96. The van der Waals surface area contributed by atoms with Gasteiger partial charge in [0.15, 0.2) is 0 Å². The van der Waals surface area contributed by atoms with Crippen molar-refractivity contribution in [1.82, 2.24) is 15.0 Å². The minimum absolute atomic E-state index is 0.575. The quantitative estimate of drug-likeness (QED) is 0.766. The summed E-state index contributed by atoms with van der Waals surface area (Å²) in [4.78, 5) is 0. The molecular weight excluding hydrogens is 222 g/mol. The summed E-state index contributed by atoms with van der Waals surface area (Å²) in [6.07, 6.45) is 2.68. The number of aromatic nitrogens is 3. The van der Waals surface area contributed by atoms with Gasteiger partial charge in [-0.3, -0.25) is 0 Å².